The molecule has 1 amide bonds. The van der Waals surface area contributed by atoms with Crippen LogP contribution in [0.25, 0.3) is 0 Å². The van der Waals surface area contributed by atoms with Gasteiger partial charge in [-0.1, -0.05) is 17.7 Å². The van der Waals surface area contributed by atoms with E-state index in [1.807, 2.05) is 26.8 Å². The van der Waals surface area contributed by atoms with Crippen molar-refractivity contribution in [2.24, 2.45) is 0 Å². The Morgan fingerprint density at radius 1 is 1.14 bits per heavy atom. The third-order valence-electron chi connectivity index (χ3n) is 3.49. The van der Waals surface area contributed by atoms with Crippen molar-refractivity contribution in [1.29, 1.82) is 0 Å². The lowest BCUT2D eigenvalue weighted by Gasteiger charge is -2.23. The monoisotopic (exact) mass is 312 g/mol. The molecule has 0 N–H and O–H groups in total. The number of carbonyl (C=O) groups excluding carboxylic acids is 1. The van der Waals surface area contributed by atoms with Crippen LogP contribution in [-0.4, -0.2) is 50.2 Å². The molecule has 0 aromatic heterocycles. The van der Waals surface area contributed by atoms with Gasteiger partial charge >= 0.3 is 0 Å². The minimum absolute atomic E-state index is 0.142. The summed E-state index contributed by atoms with van der Waals surface area (Å²) >= 11 is 0. The van der Waals surface area contributed by atoms with Crippen LogP contribution in [0.15, 0.2) is 23.1 Å². The van der Waals surface area contributed by atoms with Crippen LogP contribution in [0.2, 0.25) is 0 Å². The molecule has 0 aliphatic rings. The third kappa shape index (κ3) is 4.04. The van der Waals surface area contributed by atoms with Gasteiger partial charge in [0.2, 0.25) is 15.9 Å². The van der Waals surface area contributed by atoms with E-state index in [0.29, 0.717) is 18.7 Å². The van der Waals surface area contributed by atoms with E-state index < -0.39 is 10.0 Å². The average molecular weight is 312 g/mol. The lowest BCUT2D eigenvalue weighted by Crippen LogP contribution is -2.41. The number of nitrogens with zero attached hydrogens (tertiary/aromatic N) is 2. The maximum absolute atomic E-state index is 12.6. The number of benzene rings is 1. The van der Waals surface area contributed by atoms with E-state index in [1.165, 1.54) is 7.05 Å². The number of rotatable bonds is 6. The SMILES string of the molecule is CCN(CC)C(=O)CN(C)S(=O)(=O)c1ccc(C)cc1C. The summed E-state index contributed by atoms with van der Waals surface area (Å²) in [6, 6.07) is 5.19. The highest BCUT2D eigenvalue weighted by molar-refractivity contribution is 7.89. The molecule has 1 aromatic carbocycles. The first-order valence-electron chi connectivity index (χ1n) is 7.05. The fourth-order valence-electron chi connectivity index (χ4n) is 2.21. The number of hydrogen-bond acceptors (Lipinski definition) is 3. The summed E-state index contributed by atoms with van der Waals surface area (Å²) in [7, 11) is -2.21. The standard InChI is InChI=1S/C15H24N2O3S/c1-6-17(7-2)15(18)11-16(5)21(19,20)14-9-8-12(3)10-13(14)4/h8-10H,6-7,11H2,1-5H3. The number of sulfonamides is 1. The van der Waals surface area contributed by atoms with Crippen molar-refractivity contribution in [2.45, 2.75) is 32.6 Å². The first-order valence-corrected chi connectivity index (χ1v) is 8.49. The summed E-state index contributed by atoms with van der Waals surface area (Å²) in [5.74, 6) is -0.184. The van der Waals surface area contributed by atoms with Gasteiger partial charge in [-0.3, -0.25) is 4.79 Å². The highest BCUT2D eigenvalue weighted by Gasteiger charge is 2.25. The van der Waals surface area contributed by atoms with Gasteiger partial charge < -0.3 is 4.90 Å². The van der Waals surface area contributed by atoms with Gasteiger partial charge in [-0.15, -0.1) is 0 Å². The van der Waals surface area contributed by atoms with Crippen LogP contribution in [0.5, 0.6) is 0 Å². The summed E-state index contributed by atoms with van der Waals surface area (Å²) in [5.41, 5.74) is 1.70. The Morgan fingerprint density at radius 3 is 2.19 bits per heavy atom. The van der Waals surface area contributed by atoms with Gasteiger partial charge in [-0.05, 0) is 39.3 Å². The highest BCUT2D eigenvalue weighted by Crippen LogP contribution is 2.20. The van der Waals surface area contributed by atoms with Crippen LogP contribution >= 0.6 is 0 Å². The van der Waals surface area contributed by atoms with E-state index in [9.17, 15) is 13.2 Å². The van der Waals surface area contributed by atoms with Gasteiger partial charge in [0.05, 0.1) is 11.4 Å². The van der Waals surface area contributed by atoms with Gasteiger partial charge in [-0.2, -0.15) is 4.31 Å². The number of hydrogen-bond donors (Lipinski definition) is 0. The molecule has 5 nitrogen and oxygen atoms in total. The highest BCUT2D eigenvalue weighted by atomic mass is 32.2. The average Bonchev–Trinajstić information content (AvgIpc) is 2.39. The summed E-state index contributed by atoms with van der Waals surface area (Å²) in [4.78, 5) is 13.9. The van der Waals surface area contributed by atoms with Crippen LogP contribution < -0.4 is 0 Å². The van der Waals surface area contributed by atoms with Crippen molar-refractivity contribution in [2.75, 3.05) is 26.7 Å². The molecular formula is C15H24N2O3S. The molecule has 0 fully saturated rings. The molecule has 0 bridgehead atoms. The molecule has 6 heteroatoms. The lowest BCUT2D eigenvalue weighted by atomic mass is 10.2. The topological polar surface area (TPSA) is 57.7 Å². The second-order valence-corrected chi connectivity index (χ2v) is 7.11. The molecule has 0 saturated heterocycles. The normalized spacial score (nSPS) is 11.7. The van der Waals surface area contributed by atoms with Crippen molar-refractivity contribution < 1.29 is 13.2 Å². The molecule has 0 atom stereocenters. The predicted octanol–water partition coefficient (Wildman–Crippen LogP) is 1.79. The maximum atomic E-state index is 12.6. The lowest BCUT2D eigenvalue weighted by molar-refractivity contribution is -0.130. The summed E-state index contributed by atoms with van der Waals surface area (Å²) in [6.45, 7) is 8.44. The molecule has 0 saturated carbocycles. The minimum Gasteiger partial charge on any atom is -0.342 e. The van der Waals surface area contributed by atoms with Crippen LogP contribution in [0.1, 0.15) is 25.0 Å². The maximum Gasteiger partial charge on any atom is 0.243 e. The predicted molar refractivity (Wildman–Crippen MR) is 83.7 cm³/mol. The molecule has 0 unspecified atom stereocenters. The van der Waals surface area contributed by atoms with E-state index in [2.05, 4.69) is 0 Å². The number of likely N-dealkylation sites (N-methyl/N-ethyl adjacent to an activating group) is 2. The van der Waals surface area contributed by atoms with Crippen molar-refractivity contribution in [3.8, 4) is 0 Å². The second-order valence-electron chi connectivity index (χ2n) is 5.10. The van der Waals surface area contributed by atoms with Crippen LogP contribution in [0.4, 0.5) is 0 Å². The molecule has 0 spiro atoms. The fourth-order valence-corrected chi connectivity index (χ4v) is 3.53. The van der Waals surface area contributed by atoms with Gasteiger partial charge in [0.15, 0.2) is 0 Å². The Kier molecular flexibility index (Phi) is 5.92. The molecule has 21 heavy (non-hydrogen) atoms. The van der Waals surface area contributed by atoms with E-state index in [4.69, 9.17) is 0 Å². The number of carbonyl (C=O) groups is 1. The zero-order valence-electron chi connectivity index (χ0n) is 13.4. The molecule has 1 rings (SSSR count). The fraction of sp³-hybridized carbons (Fsp3) is 0.533. The Labute approximate surface area is 127 Å². The largest absolute Gasteiger partial charge is 0.342 e. The Hall–Kier alpha value is -1.40. The Balaban J connectivity index is 2.99. The van der Waals surface area contributed by atoms with Crippen LogP contribution in [-0.2, 0) is 14.8 Å². The molecular weight excluding hydrogens is 288 g/mol. The van der Waals surface area contributed by atoms with Crippen LogP contribution in [0, 0.1) is 13.8 Å². The van der Waals surface area contributed by atoms with Crippen molar-refractivity contribution in [3.63, 3.8) is 0 Å². The molecule has 1 aromatic rings. The van der Waals surface area contributed by atoms with Crippen LogP contribution in [0.3, 0.4) is 0 Å². The van der Waals surface area contributed by atoms with E-state index >= 15 is 0 Å². The van der Waals surface area contributed by atoms with Gasteiger partial charge in [0.1, 0.15) is 0 Å². The molecule has 0 heterocycles. The third-order valence-corrected chi connectivity index (χ3v) is 5.46. The zero-order valence-corrected chi connectivity index (χ0v) is 14.2. The van der Waals surface area contributed by atoms with Crippen molar-refractivity contribution >= 4 is 15.9 Å². The summed E-state index contributed by atoms with van der Waals surface area (Å²) in [6.07, 6.45) is 0. The molecule has 0 radical (unpaired) electrons. The first kappa shape index (κ1) is 17.7. The van der Waals surface area contributed by atoms with E-state index in [1.54, 1.807) is 24.0 Å². The first-order chi connectivity index (χ1) is 9.73. The van der Waals surface area contributed by atoms with Gasteiger partial charge in [-0.25, -0.2) is 8.42 Å². The van der Waals surface area contributed by atoms with Crippen molar-refractivity contribution in [3.05, 3.63) is 29.3 Å². The summed E-state index contributed by atoms with van der Waals surface area (Å²) < 4.78 is 26.2. The molecule has 0 aliphatic carbocycles. The van der Waals surface area contributed by atoms with Gasteiger partial charge in [0, 0.05) is 20.1 Å². The van der Waals surface area contributed by atoms with Crippen molar-refractivity contribution in [1.82, 2.24) is 9.21 Å². The Bertz CT molecular complexity index is 607. The summed E-state index contributed by atoms with van der Waals surface area (Å²) in [5, 5.41) is 0. The number of amides is 1. The van der Waals surface area contributed by atoms with E-state index in [0.717, 1.165) is 9.87 Å². The minimum atomic E-state index is -3.65. The van der Waals surface area contributed by atoms with E-state index in [-0.39, 0.29) is 17.3 Å². The molecule has 118 valence electrons. The molecule has 0 aliphatic heterocycles. The Morgan fingerprint density at radius 2 is 1.71 bits per heavy atom. The second kappa shape index (κ2) is 7.04. The zero-order chi connectivity index (χ0) is 16.2. The van der Waals surface area contributed by atoms with Gasteiger partial charge in [0.25, 0.3) is 0 Å². The number of aryl methyl sites for hydroxylation is 2. The smallest absolute Gasteiger partial charge is 0.243 e. The quantitative estimate of drug-likeness (QED) is 0.805.